The predicted octanol–water partition coefficient (Wildman–Crippen LogP) is 1.83. The van der Waals surface area contributed by atoms with E-state index >= 15 is 0 Å². The number of H-pyrrole nitrogens is 1. The molecular weight excluding hydrogens is 301 g/mol. The average Bonchev–Trinajstić information content (AvgIpc) is 3.05. The van der Waals surface area contributed by atoms with Crippen LogP contribution in [0.25, 0.3) is 0 Å². The molecule has 1 aliphatic rings. The second kappa shape index (κ2) is 7.51. The first-order chi connectivity index (χ1) is 11.6. The zero-order valence-electron chi connectivity index (χ0n) is 14.3. The molecule has 3 rings (SSSR count). The second-order valence-electron chi connectivity index (χ2n) is 6.86. The molecule has 1 fully saturated rings. The van der Waals surface area contributed by atoms with Gasteiger partial charge >= 0.3 is 7.05 Å². The van der Waals surface area contributed by atoms with Crippen molar-refractivity contribution in [3.63, 3.8) is 0 Å². The Morgan fingerprint density at radius 1 is 1.25 bits per heavy atom. The largest absolute Gasteiger partial charge is 0.437 e. The molecule has 0 aliphatic carbocycles. The van der Waals surface area contributed by atoms with Gasteiger partial charge in [0.25, 0.3) is 0 Å². The van der Waals surface area contributed by atoms with Gasteiger partial charge in [-0.3, -0.25) is 5.10 Å². The third kappa shape index (κ3) is 3.71. The zero-order chi connectivity index (χ0) is 17.0. The summed E-state index contributed by atoms with van der Waals surface area (Å²) in [7, 11) is -0.412. The smallest absolute Gasteiger partial charge is 0.376 e. The number of piperidine rings is 1. The zero-order valence-corrected chi connectivity index (χ0v) is 14.3. The molecule has 1 aromatic carbocycles. The fraction of sp³-hybridized carbons (Fsp3) is 0.500. The van der Waals surface area contributed by atoms with Gasteiger partial charge in [0.2, 0.25) is 0 Å². The molecule has 0 saturated carbocycles. The van der Waals surface area contributed by atoms with E-state index in [4.69, 9.17) is 0 Å². The van der Waals surface area contributed by atoms with E-state index in [1.807, 2.05) is 25.0 Å². The summed E-state index contributed by atoms with van der Waals surface area (Å²) in [6.07, 6.45) is 3.38. The Hall–Kier alpha value is -1.63. The molecule has 0 unspecified atom stereocenters. The van der Waals surface area contributed by atoms with E-state index in [2.05, 4.69) is 33.2 Å². The van der Waals surface area contributed by atoms with Crippen LogP contribution in [0.3, 0.4) is 0 Å². The summed E-state index contributed by atoms with van der Waals surface area (Å²) in [4.78, 5) is 2.08. The first kappa shape index (κ1) is 17.2. The predicted molar refractivity (Wildman–Crippen MR) is 95.9 cm³/mol. The van der Waals surface area contributed by atoms with Gasteiger partial charge in [-0.15, -0.1) is 0 Å². The normalized spacial score (nSPS) is 17.8. The van der Waals surface area contributed by atoms with E-state index in [9.17, 15) is 10.1 Å². The van der Waals surface area contributed by atoms with Crippen molar-refractivity contribution in [1.29, 1.82) is 0 Å². The summed E-state index contributed by atoms with van der Waals surface area (Å²) in [5.41, 5.74) is 3.32. The van der Waals surface area contributed by atoms with Crippen molar-refractivity contribution in [3.05, 3.63) is 53.3 Å². The highest BCUT2D eigenvalue weighted by molar-refractivity contribution is 6.45. The van der Waals surface area contributed by atoms with Crippen molar-refractivity contribution in [2.24, 2.45) is 0 Å². The number of nitrogens with zero attached hydrogens (tertiary/aromatic N) is 2. The van der Waals surface area contributed by atoms with Crippen LogP contribution in [0.2, 0.25) is 6.82 Å². The lowest BCUT2D eigenvalue weighted by Crippen LogP contribution is -2.48. The maximum Gasteiger partial charge on any atom is 0.376 e. The van der Waals surface area contributed by atoms with Crippen molar-refractivity contribution in [1.82, 2.24) is 15.0 Å². The number of aliphatic hydroxyl groups is 1. The van der Waals surface area contributed by atoms with E-state index in [1.165, 1.54) is 5.56 Å². The topological polar surface area (TPSA) is 72.4 Å². The summed E-state index contributed by atoms with van der Waals surface area (Å²) < 4.78 is 0. The van der Waals surface area contributed by atoms with E-state index in [0.717, 1.165) is 50.2 Å². The molecule has 3 N–H and O–H groups in total. The van der Waals surface area contributed by atoms with Gasteiger partial charge in [-0.2, -0.15) is 5.10 Å². The van der Waals surface area contributed by atoms with Gasteiger partial charge in [-0.1, -0.05) is 30.3 Å². The lowest BCUT2D eigenvalue weighted by molar-refractivity contribution is 0.163. The van der Waals surface area contributed by atoms with Crippen LogP contribution in [0.15, 0.2) is 36.4 Å². The van der Waals surface area contributed by atoms with E-state index in [-0.39, 0.29) is 12.0 Å². The van der Waals surface area contributed by atoms with Gasteiger partial charge in [0.15, 0.2) is 0 Å². The van der Waals surface area contributed by atoms with Gasteiger partial charge in [0.1, 0.15) is 0 Å². The molecule has 0 radical (unpaired) electrons. The molecule has 128 valence electrons. The van der Waals surface area contributed by atoms with Gasteiger partial charge in [0, 0.05) is 24.1 Å². The van der Waals surface area contributed by atoms with Crippen LogP contribution in [-0.4, -0.2) is 51.9 Å². The summed E-state index contributed by atoms with van der Waals surface area (Å²) in [5.74, 6) is 0. The van der Waals surface area contributed by atoms with Crippen LogP contribution >= 0.6 is 0 Å². The monoisotopic (exact) mass is 327 g/mol. The van der Waals surface area contributed by atoms with Gasteiger partial charge in [0.05, 0.1) is 5.69 Å². The Morgan fingerprint density at radius 3 is 2.58 bits per heavy atom. The molecule has 5 nitrogen and oxygen atoms in total. The number of benzene rings is 1. The SMILES string of the molecule is CB(O)N1CCC(CCO)(c2cc(Cc3ccccc3)[nH]n2)CC1. The average molecular weight is 327 g/mol. The van der Waals surface area contributed by atoms with Crippen LogP contribution in [-0.2, 0) is 11.8 Å². The highest BCUT2D eigenvalue weighted by Crippen LogP contribution is 2.38. The molecule has 6 heteroatoms. The molecule has 1 aliphatic heterocycles. The first-order valence-corrected chi connectivity index (χ1v) is 8.75. The van der Waals surface area contributed by atoms with E-state index < -0.39 is 7.05 Å². The number of rotatable bonds is 6. The van der Waals surface area contributed by atoms with Crippen molar-refractivity contribution >= 4 is 7.05 Å². The lowest BCUT2D eigenvalue weighted by atomic mass is 9.70. The minimum atomic E-state index is -0.412. The van der Waals surface area contributed by atoms with Crippen LogP contribution in [0.1, 0.15) is 36.2 Å². The molecule has 1 saturated heterocycles. The minimum Gasteiger partial charge on any atom is -0.437 e. The molecule has 0 spiro atoms. The first-order valence-electron chi connectivity index (χ1n) is 8.75. The van der Waals surface area contributed by atoms with E-state index in [0.29, 0.717) is 0 Å². The number of aliphatic hydroxyl groups excluding tert-OH is 1. The Bertz CT molecular complexity index is 637. The molecule has 1 aromatic heterocycles. The van der Waals surface area contributed by atoms with Crippen LogP contribution < -0.4 is 0 Å². The van der Waals surface area contributed by atoms with Crippen LogP contribution in [0.4, 0.5) is 0 Å². The molecule has 2 aromatic rings. The summed E-state index contributed by atoms with van der Waals surface area (Å²) in [6.45, 7) is 3.64. The Morgan fingerprint density at radius 2 is 1.96 bits per heavy atom. The van der Waals surface area contributed by atoms with Gasteiger partial charge in [-0.05, 0) is 50.8 Å². The van der Waals surface area contributed by atoms with E-state index in [1.54, 1.807) is 0 Å². The molecule has 0 amide bonds. The number of hydrogen-bond donors (Lipinski definition) is 3. The van der Waals surface area contributed by atoms with Gasteiger partial charge < -0.3 is 14.9 Å². The second-order valence-corrected chi connectivity index (χ2v) is 6.86. The summed E-state index contributed by atoms with van der Waals surface area (Å²) in [5, 5.41) is 27.1. The van der Waals surface area contributed by atoms with Crippen molar-refractivity contribution in [2.45, 2.75) is 37.9 Å². The van der Waals surface area contributed by atoms with Crippen molar-refractivity contribution in [2.75, 3.05) is 19.7 Å². The highest BCUT2D eigenvalue weighted by atomic mass is 16.3. The highest BCUT2D eigenvalue weighted by Gasteiger charge is 2.39. The standard InChI is InChI=1S/C18H26BN3O2/c1-19(24)22-10-7-18(8-11-22,9-12-23)17-14-16(20-21-17)13-15-5-3-2-4-6-15/h2-6,14,23-24H,7-13H2,1H3,(H,20,21). The summed E-state index contributed by atoms with van der Waals surface area (Å²) >= 11 is 0. The maximum absolute atomic E-state index is 9.77. The maximum atomic E-state index is 9.77. The lowest BCUT2D eigenvalue weighted by Gasteiger charge is -2.41. The number of aromatic amines is 1. The number of hydrogen-bond acceptors (Lipinski definition) is 4. The van der Waals surface area contributed by atoms with Crippen molar-refractivity contribution < 1.29 is 10.1 Å². The molecular formula is C18H26BN3O2. The van der Waals surface area contributed by atoms with Gasteiger partial charge in [-0.25, -0.2) is 0 Å². The Kier molecular flexibility index (Phi) is 5.38. The van der Waals surface area contributed by atoms with Crippen LogP contribution in [0.5, 0.6) is 0 Å². The van der Waals surface area contributed by atoms with Crippen LogP contribution in [0, 0.1) is 0 Å². The number of aromatic nitrogens is 2. The molecule has 24 heavy (non-hydrogen) atoms. The quantitative estimate of drug-likeness (QED) is 0.708. The molecule has 2 heterocycles. The fourth-order valence-corrected chi connectivity index (χ4v) is 3.71. The summed E-state index contributed by atoms with van der Waals surface area (Å²) in [6, 6.07) is 12.5. The Labute approximate surface area is 143 Å². The number of nitrogens with one attached hydrogen (secondary N) is 1. The minimum absolute atomic E-state index is 0.0917. The molecule has 0 bridgehead atoms. The van der Waals surface area contributed by atoms with Crippen molar-refractivity contribution in [3.8, 4) is 0 Å². The third-order valence-electron chi connectivity index (χ3n) is 5.29. The Balaban J connectivity index is 1.75. The fourth-order valence-electron chi connectivity index (χ4n) is 3.71. The third-order valence-corrected chi connectivity index (χ3v) is 5.29. The molecule has 0 atom stereocenters.